The Balaban J connectivity index is 1.87. The van der Waals surface area contributed by atoms with Crippen molar-refractivity contribution in [1.82, 2.24) is 5.32 Å². The smallest absolute Gasteiger partial charge is 0.132 e. The Morgan fingerprint density at radius 1 is 1.41 bits per heavy atom. The van der Waals surface area contributed by atoms with Gasteiger partial charge in [0.25, 0.3) is 0 Å². The normalized spacial score (nSPS) is 17.1. The summed E-state index contributed by atoms with van der Waals surface area (Å²) < 4.78 is 11.8. The fraction of sp³-hybridized carbons (Fsp3) is 0.538. The van der Waals surface area contributed by atoms with Gasteiger partial charge < -0.3 is 14.8 Å². The zero-order valence-corrected chi connectivity index (χ0v) is 12.2. The molecule has 1 saturated heterocycles. The first kappa shape index (κ1) is 13.1. The van der Waals surface area contributed by atoms with Gasteiger partial charge in [0.2, 0.25) is 0 Å². The van der Waals surface area contributed by atoms with Crippen molar-refractivity contribution in [3.05, 3.63) is 27.3 Å². The second-order valence-electron chi connectivity index (χ2n) is 4.24. The number of rotatable bonds is 4. The monoisotopic (exact) mass is 347 g/mol. The average Bonchev–Trinajstić information content (AvgIpc) is 2.38. The molecule has 17 heavy (non-hydrogen) atoms. The molecule has 1 N–H and O–H groups in total. The van der Waals surface area contributed by atoms with Gasteiger partial charge in [0, 0.05) is 25.8 Å². The van der Waals surface area contributed by atoms with Gasteiger partial charge in [-0.25, -0.2) is 0 Å². The largest absolute Gasteiger partial charge is 0.496 e. The van der Waals surface area contributed by atoms with E-state index in [0.717, 1.165) is 41.9 Å². The quantitative estimate of drug-likeness (QED) is 0.850. The summed E-state index contributed by atoms with van der Waals surface area (Å²) >= 11 is 2.31. The lowest BCUT2D eigenvalue weighted by atomic mass is 10.1. The van der Waals surface area contributed by atoms with E-state index < -0.39 is 0 Å². The third-order valence-corrected chi connectivity index (χ3v) is 3.88. The van der Waals surface area contributed by atoms with Crippen LogP contribution in [0.15, 0.2) is 18.2 Å². The van der Waals surface area contributed by atoms with Crippen molar-refractivity contribution in [2.75, 3.05) is 20.3 Å². The zero-order valence-electron chi connectivity index (χ0n) is 10.0. The van der Waals surface area contributed by atoms with E-state index in [1.807, 2.05) is 6.07 Å². The average molecular weight is 347 g/mol. The van der Waals surface area contributed by atoms with E-state index >= 15 is 0 Å². The molecule has 0 bridgehead atoms. The van der Waals surface area contributed by atoms with Gasteiger partial charge in [0.15, 0.2) is 0 Å². The van der Waals surface area contributed by atoms with Crippen molar-refractivity contribution < 1.29 is 9.47 Å². The lowest BCUT2D eigenvalue weighted by Gasteiger charge is -2.23. The summed E-state index contributed by atoms with van der Waals surface area (Å²) in [6, 6.07) is 6.92. The first-order chi connectivity index (χ1) is 8.29. The predicted octanol–water partition coefficient (Wildman–Crippen LogP) is 2.57. The molecule has 0 amide bonds. The first-order valence-corrected chi connectivity index (χ1v) is 7.01. The minimum Gasteiger partial charge on any atom is -0.496 e. The van der Waals surface area contributed by atoms with E-state index in [0.29, 0.717) is 6.04 Å². The highest BCUT2D eigenvalue weighted by Gasteiger charge is 2.12. The third kappa shape index (κ3) is 3.82. The predicted molar refractivity (Wildman–Crippen MR) is 76.4 cm³/mol. The van der Waals surface area contributed by atoms with E-state index in [4.69, 9.17) is 9.47 Å². The maximum Gasteiger partial charge on any atom is 0.132 e. The molecule has 0 aliphatic carbocycles. The molecule has 3 nitrogen and oxygen atoms in total. The van der Waals surface area contributed by atoms with E-state index in [1.54, 1.807) is 7.11 Å². The van der Waals surface area contributed by atoms with Crippen LogP contribution < -0.4 is 10.1 Å². The standard InChI is InChI=1S/C13H18INO2/c1-16-13-3-2-10(8-12(13)14)9-15-11-4-6-17-7-5-11/h2-3,8,11,15H,4-7,9H2,1H3. The van der Waals surface area contributed by atoms with Crippen LogP contribution in [0.5, 0.6) is 5.75 Å². The van der Waals surface area contributed by atoms with Crippen LogP contribution >= 0.6 is 22.6 Å². The molecule has 4 heteroatoms. The summed E-state index contributed by atoms with van der Waals surface area (Å²) in [7, 11) is 1.71. The maximum atomic E-state index is 5.34. The summed E-state index contributed by atoms with van der Waals surface area (Å²) in [5.74, 6) is 0.945. The number of hydrogen-bond acceptors (Lipinski definition) is 3. The lowest BCUT2D eigenvalue weighted by Crippen LogP contribution is -2.34. The molecule has 1 heterocycles. The van der Waals surface area contributed by atoms with E-state index in [9.17, 15) is 0 Å². The molecule has 0 radical (unpaired) electrons. The van der Waals surface area contributed by atoms with Gasteiger partial charge >= 0.3 is 0 Å². The Morgan fingerprint density at radius 2 is 2.18 bits per heavy atom. The van der Waals surface area contributed by atoms with Gasteiger partial charge in [-0.1, -0.05) is 6.07 Å². The second-order valence-corrected chi connectivity index (χ2v) is 5.40. The molecular formula is C13H18INO2. The summed E-state index contributed by atoms with van der Waals surface area (Å²) in [4.78, 5) is 0. The Labute approximate surface area is 116 Å². The van der Waals surface area contributed by atoms with Gasteiger partial charge in [-0.2, -0.15) is 0 Å². The van der Waals surface area contributed by atoms with Gasteiger partial charge in [-0.05, 0) is 53.1 Å². The Bertz CT molecular complexity index is 364. The number of methoxy groups -OCH3 is 1. The Hall–Kier alpha value is -0.330. The fourth-order valence-electron chi connectivity index (χ4n) is 1.98. The van der Waals surface area contributed by atoms with Crippen LogP contribution in [-0.4, -0.2) is 26.4 Å². The molecule has 1 aromatic rings. The van der Waals surface area contributed by atoms with Crippen molar-refractivity contribution in [3.63, 3.8) is 0 Å². The first-order valence-electron chi connectivity index (χ1n) is 5.93. The van der Waals surface area contributed by atoms with Crippen molar-refractivity contribution >= 4 is 22.6 Å². The molecule has 0 saturated carbocycles. The molecule has 2 rings (SSSR count). The molecule has 94 valence electrons. The van der Waals surface area contributed by atoms with Gasteiger partial charge in [0.1, 0.15) is 5.75 Å². The highest BCUT2D eigenvalue weighted by Crippen LogP contribution is 2.21. The van der Waals surface area contributed by atoms with Gasteiger partial charge in [-0.3, -0.25) is 0 Å². The number of hydrogen-bond donors (Lipinski definition) is 1. The zero-order chi connectivity index (χ0) is 12.1. The van der Waals surface area contributed by atoms with Crippen LogP contribution in [-0.2, 0) is 11.3 Å². The van der Waals surface area contributed by atoms with Crippen LogP contribution in [0.2, 0.25) is 0 Å². The topological polar surface area (TPSA) is 30.5 Å². The van der Waals surface area contributed by atoms with Crippen LogP contribution in [0.25, 0.3) is 0 Å². The number of benzene rings is 1. The summed E-state index contributed by atoms with van der Waals surface area (Å²) in [6.07, 6.45) is 2.24. The van der Waals surface area contributed by atoms with Crippen molar-refractivity contribution in [2.45, 2.75) is 25.4 Å². The summed E-state index contributed by atoms with van der Waals surface area (Å²) in [5.41, 5.74) is 1.31. The molecule has 0 atom stereocenters. The highest BCUT2D eigenvalue weighted by molar-refractivity contribution is 14.1. The Morgan fingerprint density at radius 3 is 2.82 bits per heavy atom. The van der Waals surface area contributed by atoms with Gasteiger partial charge in [-0.15, -0.1) is 0 Å². The van der Waals surface area contributed by atoms with Crippen molar-refractivity contribution in [1.29, 1.82) is 0 Å². The molecule has 1 aromatic carbocycles. The number of nitrogens with one attached hydrogen (secondary N) is 1. The molecular weight excluding hydrogens is 329 g/mol. The minimum atomic E-state index is 0.600. The van der Waals surface area contributed by atoms with E-state index in [1.165, 1.54) is 5.56 Å². The van der Waals surface area contributed by atoms with Crippen molar-refractivity contribution in [2.24, 2.45) is 0 Å². The maximum absolute atomic E-state index is 5.34. The number of halogens is 1. The van der Waals surface area contributed by atoms with E-state index in [-0.39, 0.29) is 0 Å². The van der Waals surface area contributed by atoms with Gasteiger partial charge in [0.05, 0.1) is 10.7 Å². The number of ether oxygens (including phenoxy) is 2. The Kier molecular flexibility index (Phi) is 5.06. The second kappa shape index (κ2) is 6.56. The molecule has 0 unspecified atom stereocenters. The SMILES string of the molecule is COc1ccc(CNC2CCOCC2)cc1I. The molecule has 1 aliphatic heterocycles. The third-order valence-electron chi connectivity index (χ3n) is 3.03. The molecule has 0 aromatic heterocycles. The van der Waals surface area contributed by atoms with Crippen LogP contribution in [0.3, 0.4) is 0 Å². The van der Waals surface area contributed by atoms with Crippen LogP contribution in [0, 0.1) is 3.57 Å². The van der Waals surface area contributed by atoms with E-state index in [2.05, 4.69) is 40.0 Å². The van der Waals surface area contributed by atoms with Crippen LogP contribution in [0.4, 0.5) is 0 Å². The minimum absolute atomic E-state index is 0.600. The lowest BCUT2D eigenvalue weighted by molar-refractivity contribution is 0.0776. The molecule has 1 fully saturated rings. The molecule has 0 spiro atoms. The molecule has 1 aliphatic rings. The summed E-state index contributed by atoms with van der Waals surface area (Å²) in [6.45, 7) is 2.69. The highest BCUT2D eigenvalue weighted by atomic mass is 127. The fourth-order valence-corrected chi connectivity index (χ4v) is 2.78. The summed E-state index contributed by atoms with van der Waals surface area (Å²) in [5, 5.41) is 3.58. The van der Waals surface area contributed by atoms with Crippen LogP contribution in [0.1, 0.15) is 18.4 Å². The van der Waals surface area contributed by atoms with Crippen molar-refractivity contribution in [3.8, 4) is 5.75 Å².